The lowest BCUT2D eigenvalue weighted by atomic mass is 9.67. The lowest BCUT2D eigenvalue weighted by molar-refractivity contribution is -0.143. The predicted molar refractivity (Wildman–Crippen MR) is 110 cm³/mol. The molecule has 0 amide bonds. The summed E-state index contributed by atoms with van der Waals surface area (Å²) in [6.07, 6.45) is 2.93. The molecule has 0 radical (unpaired) electrons. The topological polar surface area (TPSA) is 60.4 Å². The number of rotatable bonds is 10. The molecule has 0 saturated heterocycles. The molecule has 1 aliphatic carbocycles. The van der Waals surface area contributed by atoms with Gasteiger partial charge in [-0.2, -0.15) is 0 Å². The van der Waals surface area contributed by atoms with Gasteiger partial charge in [-0.05, 0) is 43.2 Å². The zero-order valence-electron chi connectivity index (χ0n) is 17.2. The Morgan fingerprint density at radius 2 is 1.96 bits per heavy atom. The molecule has 1 fully saturated rings. The Kier molecular flexibility index (Phi) is 8.16. The standard InChI is InChI=1S/C24H32O4/c1-16-10-12-22(24(27)21(16)13-11-18(3)26)19(4)23(28-15-25)14-17(2)20-8-6-5-7-9-20/h5-9,15-16,19,21-23H,2,10-14H2,1,3-4H3/t16-,19-,21+,22+,23-/m1/s1. The highest BCUT2D eigenvalue weighted by atomic mass is 16.5. The molecule has 0 N–H and O–H groups in total. The fourth-order valence-electron chi connectivity index (χ4n) is 4.37. The number of hydrogen-bond acceptors (Lipinski definition) is 4. The van der Waals surface area contributed by atoms with Crippen molar-refractivity contribution < 1.29 is 19.1 Å². The van der Waals surface area contributed by atoms with Gasteiger partial charge in [0.1, 0.15) is 17.7 Å². The highest BCUT2D eigenvalue weighted by molar-refractivity contribution is 5.85. The van der Waals surface area contributed by atoms with Gasteiger partial charge in [-0.25, -0.2) is 0 Å². The Hall–Kier alpha value is -2.23. The van der Waals surface area contributed by atoms with Gasteiger partial charge in [-0.15, -0.1) is 0 Å². The summed E-state index contributed by atoms with van der Waals surface area (Å²) in [6, 6.07) is 9.81. The van der Waals surface area contributed by atoms with Crippen molar-refractivity contribution in [1.82, 2.24) is 0 Å². The number of carbonyl (C=O) groups is 3. The van der Waals surface area contributed by atoms with E-state index in [2.05, 4.69) is 13.5 Å². The van der Waals surface area contributed by atoms with Gasteiger partial charge in [0.15, 0.2) is 0 Å². The van der Waals surface area contributed by atoms with Gasteiger partial charge in [0.25, 0.3) is 6.47 Å². The number of benzene rings is 1. The normalized spacial score (nSPS) is 24.2. The molecule has 4 nitrogen and oxygen atoms in total. The summed E-state index contributed by atoms with van der Waals surface area (Å²) < 4.78 is 5.41. The molecule has 28 heavy (non-hydrogen) atoms. The maximum Gasteiger partial charge on any atom is 0.293 e. The molecule has 0 bridgehead atoms. The second-order valence-corrected chi connectivity index (χ2v) is 8.21. The molecule has 4 heteroatoms. The highest BCUT2D eigenvalue weighted by Gasteiger charge is 2.41. The first-order valence-corrected chi connectivity index (χ1v) is 10.2. The Morgan fingerprint density at radius 1 is 1.29 bits per heavy atom. The first-order valence-electron chi connectivity index (χ1n) is 10.2. The average molecular weight is 385 g/mol. The molecule has 5 atom stereocenters. The molecule has 1 aromatic carbocycles. The summed E-state index contributed by atoms with van der Waals surface area (Å²) in [4.78, 5) is 35.7. The Balaban J connectivity index is 2.11. The predicted octanol–water partition coefficient (Wildman–Crippen LogP) is 4.87. The minimum absolute atomic E-state index is 0.0840. The molecule has 1 aliphatic rings. The van der Waals surface area contributed by atoms with Gasteiger partial charge in [-0.3, -0.25) is 9.59 Å². The van der Waals surface area contributed by atoms with Crippen LogP contribution in [0.5, 0.6) is 0 Å². The highest BCUT2D eigenvalue weighted by Crippen LogP contribution is 2.39. The number of hydrogen-bond donors (Lipinski definition) is 0. The van der Waals surface area contributed by atoms with Gasteiger partial charge in [-0.1, -0.05) is 50.8 Å². The van der Waals surface area contributed by atoms with Gasteiger partial charge >= 0.3 is 0 Å². The minimum atomic E-state index is -0.388. The average Bonchev–Trinajstić information content (AvgIpc) is 2.67. The molecule has 0 aromatic heterocycles. The summed E-state index contributed by atoms with van der Waals surface area (Å²) in [7, 11) is 0. The molecule has 0 aliphatic heterocycles. The maximum atomic E-state index is 13.2. The van der Waals surface area contributed by atoms with E-state index in [1.807, 2.05) is 37.3 Å². The third-order valence-electron chi connectivity index (χ3n) is 6.24. The van der Waals surface area contributed by atoms with Crippen molar-refractivity contribution in [1.29, 1.82) is 0 Å². The monoisotopic (exact) mass is 384 g/mol. The van der Waals surface area contributed by atoms with Crippen molar-refractivity contribution >= 4 is 23.6 Å². The number of ether oxygens (including phenoxy) is 1. The number of carbonyl (C=O) groups excluding carboxylic acids is 3. The van der Waals surface area contributed by atoms with Gasteiger partial charge in [0, 0.05) is 30.6 Å². The Morgan fingerprint density at radius 3 is 2.57 bits per heavy atom. The van der Waals surface area contributed by atoms with E-state index in [0.717, 1.165) is 24.0 Å². The SMILES string of the molecule is C=C(C[C@@H](OC=O)[C@H](C)[C@@H]1CC[C@@H](C)[C@H](CCC(C)=O)C1=O)c1ccccc1. The van der Waals surface area contributed by atoms with E-state index >= 15 is 0 Å². The summed E-state index contributed by atoms with van der Waals surface area (Å²) >= 11 is 0. The molecule has 2 rings (SSSR count). The van der Waals surface area contributed by atoms with Crippen molar-refractivity contribution in [2.24, 2.45) is 23.7 Å². The molecule has 152 valence electrons. The van der Waals surface area contributed by atoms with Crippen LogP contribution < -0.4 is 0 Å². The summed E-state index contributed by atoms with van der Waals surface area (Å²) in [5.74, 6) is 0.306. The van der Waals surface area contributed by atoms with Gasteiger partial charge in [0.2, 0.25) is 0 Å². The molecule has 0 spiro atoms. The third kappa shape index (κ3) is 5.63. The Bertz CT molecular complexity index is 694. The minimum Gasteiger partial charge on any atom is -0.464 e. The quantitative estimate of drug-likeness (QED) is 0.540. The number of Topliss-reactive ketones (excluding diaryl/α,β-unsaturated/α-hetero) is 2. The smallest absolute Gasteiger partial charge is 0.293 e. The van der Waals surface area contributed by atoms with E-state index < -0.39 is 0 Å². The molecule has 1 saturated carbocycles. The second-order valence-electron chi connectivity index (χ2n) is 8.21. The van der Waals surface area contributed by atoms with Crippen molar-refractivity contribution in [2.75, 3.05) is 0 Å². The fraction of sp³-hybridized carbons (Fsp3) is 0.542. The van der Waals surface area contributed by atoms with E-state index in [-0.39, 0.29) is 35.4 Å². The lowest BCUT2D eigenvalue weighted by Gasteiger charge is -2.38. The fourth-order valence-corrected chi connectivity index (χ4v) is 4.37. The van der Waals surface area contributed by atoms with Crippen LogP contribution in [0.15, 0.2) is 36.9 Å². The van der Waals surface area contributed by atoms with Crippen LogP contribution in [0.3, 0.4) is 0 Å². The maximum absolute atomic E-state index is 13.2. The first kappa shape index (κ1) is 22.1. The summed E-state index contributed by atoms with van der Waals surface area (Å²) in [5.41, 5.74) is 1.90. The van der Waals surface area contributed by atoms with Crippen LogP contribution in [-0.4, -0.2) is 24.1 Å². The van der Waals surface area contributed by atoms with Crippen LogP contribution in [0.25, 0.3) is 5.57 Å². The van der Waals surface area contributed by atoms with E-state index in [0.29, 0.717) is 31.7 Å². The Labute approximate surface area is 168 Å². The van der Waals surface area contributed by atoms with Crippen LogP contribution in [0.4, 0.5) is 0 Å². The van der Waals surface area contributed by atoms with Gasteiger partial charge < -0.3 is 9.53 Å². The molecular weight excluding hydrogens is 352 g/mol. The van der Waals surface area contributed by atoms with E-state index in [9.17, 15) is 14.4 Å². The second kappa shape index (κ2) is 10.4. The van der Waals surface area contributed by atoms with E-state index in [1.165, 1.54) is 0 Å². The lowest BCUT2D eigenvalue weighted by Crippen LogP contribution is -2.41. The third-order valence-corrected chi connectivity index (χ3v) is 6.24. The van der Waals surface area contributed by atoms with Crippen molar-refractivity contribution in [3.63, 3.8) is 0 Å². The van der Waals surface area contributed by atoms with Crippen LogP contribution in [0.2, 0.25) is 0 Å². The van der Waals surface area contributed by atoms with Crippen molar-refractivity contribution in [2.45, 2.75) is 59.0 Å². The molecule has 1 aromatic rings. The van der Waals surface area contributed by atoms with E-state index in [4.69, 9.17) is 4.74 Å². The van der Waals surface area contributed by atoms with Crippen molar-refractivity contribution in [3.8, 4) is 0 Å². The van der Waals surface area contributed by atoms with Crippen LogP contribution in [0.1, 0.15) is 58.4 Å². The first-order chi connectivity index (χ1) is 13.3. The van der Waals surface area contributed by atoms with Crippen molar-refractivity contribution in [3.05, 3.63) is 42.5 Å². The van der Waals surface area contributed by atoms with Crippen LogP contribution in [0, 0.1) is 23.7 Å². The summed E-state index contributed by atoms with van der Waals surface area (Å²) in [6.45, 7) is 10.3. The molecule has 0 unspecified atom stereocenters. The zero-order valence-corrected chi connectivity index (χ0v) is 17.2. The van der Waals surface area contributed by atoms with Crippen LogP contribution >= 0.6 is 0 Å². The number of ketones is 2. The largest absolute Gasteiger partial charge is 0.464 e. The molecular formula is C24H32O4. The van der Waals surface area contributed by atoms with Gasteiger partial charge in [0.05, 0.1) is 0 Å². The molecule has 0 heterocycles. The zero-order chi connectivity index (χ0) is 20.7. The summed E-state index contributed by atoms with van der Waals surface area (Å²) in [5, 5.41) is 0. The van der Waals surface area contributed by atoms with E-state index in [1.54, 1.807) is 6.92 Å². The van der Waals surface area contributed by atoms with Crippen LogP contribution in [-0.2, 0) is 19.1 Å².